The molecule has 6 aliphatic carbocycles. The molecule has 6 heteroatoms. The number of hydrogen-bond donors (Lipinski definition) is 0. The van der Waals surface area contributed by atoms with Crippen LogP contribution in [0.15, 0.2) is 0 Å². The molecule has 0 radical (unpaired) electrons. The van der Waals surface area contributed by atoms with Gasteiger partial charge in [-0.2, -0.15) is 8.42 Å². The van der Waals surface area contributed by atoms with Crippen molar-refractivity contribution >= 4 is 10.1 Å². The van der Waals surface area contributed by atoms with Crippen molar-refractivity contribution in [1.82, 2.24) is 0 Å². The summed E-state index contributed by atoms with van der Waals surface area (Å²) in [7, 11) is -3.36. The third-order valence-electron chi connectivity index (χ3n) is 7.04. The standard InChI is InChI=1S/C13H16O5S/c1-19(14,15)18-12-8-4-5-7(8)11-9(12)6(4)10(5)13(11)16-2-3-17-13/h4-12H,2-3H2,1H3/t4-,5-,6-,7+,8-,9+,10-,11-,12+/m1/s1. The average Bonchev–Trinajstić information content (AvgIpc) is 2.95. The van der Waals surface area contributed by atoms with Gasteiger partial charge in [-0.3, -0.25) is 4.18 Å². The second-order valence-electron chi connectivity index (χ2n) is 7.20. The highest BCUT2D eigenvalue weighted by Gasteiger charge is 2.95. The van der Waals surface area contributed by atoms with Crippen LogP contribution < -0.4 is 0 Å². The van der Waals surface area contributed by atoms with Gasteiger partial charge in [-0.25, -0.2) is 0 Å². The normalized spacial score (nSPS) is 64.8. The Morgan fingerprint density at radius 1 is 0.947 bits per heavy atom. The third-order valence-corrected chi connectivity index (χ3v) is 7.61. The molecule has 1 spiro atoms. The van der Waals surface area contributed by atoms with Gasteiger partial charge in [0.15, 0.2) is 5.79 Å². The molecule has 9 atom stereocenters. The molecule has 4 bridgehead atoms. The minimum atomic E-state index is -3.36. The molecule has 104 valence electrons. The van der Waals surface area contributed by atoms with E-state index in [-0.39, 0.29) is 11.9 Å². The van der Waals surface area contributed by atoms with Crippen molar-refractivity contribution in [3.05, 3.63) is 0 Å². The van der Waals surface area contributed by atoms with E-state index in [2.05, 4.69) is 0 Å². The summed E-state index contributed by atoms with van der Waals surface area (Å²) in [5.41, 5.74) is 0. The average molecular weight is 284 g/mol. The molecule has 7 fully saturated rings. The van der Waals surface area contributed by atoms with Gasteiger partial charge in [-0.1, -0.05) is 0 Å². The highest BCUT2D eigenvalue weighted by molar-refractivity contribution is 7.86. The topological polar surface area (TPSA) is 61.8 Å². The largest absolute Gasteiger partial charge is 0.347 e. The lowest BCUT2D eigenvalue weighted by molar-refractivity contribution is -0.228. The lowest BCUT2D eigenvalue weighted by Gasteiger charge is -2.62. The summed E-state index contributed by atoms with van der Waals surface area (Å²) in [6, 6.07) is 0. The van der Waals surface area contributed by atoms with E-state index in [1.807, 2.05) is 0 Å². The SMILES string of the molecule is CS(=O)(=O)O[C@H]1[C@@H]2[C@@H]3[C@@H]4[C@@H]2[C@@H]2[C@@H]1[C@@H]3[C@@H]4C21OCCO1. The van der Waals surface area contributed by atoms with Crippen molar-refractivity contribution in [3.8, 4) is 0 Å². The predicted octanol–water partition coefficient (Wildman–Crippen LogP) is 0.0719. The quantitative estimate of drug-likeness (QED) is 0.672. The van der Waals surface area contributed by atoms with Crippen LogP contribution in [0.25, 0.3) is 0 Å². The highest BCUT2D eigenvalue weighted by atomic mass is 32.2. The highest BCUT2D eigenvalue weighted by Crippen LogP contribution is 2.91. The van der Waals surface area contributed by atoms with Gasteiger partial charge in [-0.05, 0) is 35.5 Å². The van der Waals surface area contributed by atoms with Crippen LogP contribution in [0, 0.1) is 47.3 Å². The number of hydrogen-bond acceptors (Lipinski definition) is 5. The Balaban J connectivity index is 1.46. The van der Waals surface area contributed by atoms with Crippen molar-refractivity contribution in [2.24, 2.45) is 47.3 Å². The molecule has 0 aromatic rings. The van der Waals surface area contributed by atoms with Crippen LogP contribution in [0.4, 0.5) is 0 Å². The minimum Gasteiger partial charge on any atom is -0.347 e. The molecule has 0 aromatic heterocycles. The minimum absolute atomic E-state index is 0.0894. The van der Waals surface area contributed by atoms with Crippen LogP contribution in [0.3, 0.4) is 0 Å². The second kappa shape index (κ2) is 2.63. The molecular formula is C13H16O5S. The summed E-state index contributed by atoms with van der Waals surface area (Å²) in [4.78, 5) is 0. The molecule has 0 amide bonds. The fraction of sp³-hybridized carbons (Fsp3) is 1.00. The maximum absolute atomic E-state index is 11.5. The van der Waals surface area contributed by atoms with E-state index in [1.54, 1.807) is 0 Å². The summed E-state index contributed by atoms with van der Waals surface area (Å²) >= 11 is 0. The Kier molecular flexibility index (Phi) is 1.46. The van der Waals surface area contributed by atoms with Gasteiger partial charge in [0.1, 0.15) is 0 Å². The van der Waals surface area contributed by atoms with E-state index in [1.165, 1.54) is 6.26 Å². The summed E-state index contributed by atoms with van der Waals surface area (Å²) in [6.07, 6.45) is 1.08. The van der Waals surface area contributed by atoms with E-state index in [0.717, 1.165) is 5.92 Å². The maximum Gasteiger partial charge on any atom is 0.264 e. The first-order chi connectivity index (χ1) is 9.05. The zero-order valence-electron chi connectivity index (χ0n) is 10.6. The fourth-order valence-corrected chi connectivity index (χ4v) is 7.93. The van der Waals surface area contributed by atoms with Gasteiger partial charge in [0.05, 0.1) is 25.6 Å². The Labute approximate surface area is 111 Å². The van der Waals surface area contributed by atoms with Crippen LogP contribution in [0.1, 0.15) is 0 Å². The van der Waals surface area contributed by atoms with Crippen molar-refractivity contribution < 1.29 is 22.1 Å². The summed E-state index contributed by atoms with van der Waals surface area (Å²) in [5.74, 6) is 4.06. The van der Waals surface area contributed by atoms with Gasteiger partial charge < -0.3 is 9.47 Å². The van der Waals surface area contributed by atoms with Crippen LogP contribution in [0.2, 0.25) is 0 Å². The first kappa shape index (κ1) is 10.5. The molecule has 6 saturated carbocycles. The predicted molar refractivity (Wildman–Crippen MR) is 62.3 cm³/mol. The van der Waals surface area contributed by atoms with Crippen LogP contribution in [0.5, 0.6) is 0 Å². The van der Waals surface area contributed by atoms with Gasteiger partial charge in [0.25, 0.3) is 10.1 Å². The summed E-state index contributed by atoms with van der Waals surface area (Å²) in [5, 5.41) is 0. The smallest absolute Gasteiger partial charge is 0.264 e. The molecule has 5 nitrogen and oxygen atoms in total. The maximum atomic E-state index is 11.5. The number of ether oxygens (including phenoxy) is 2. The molecule has 19 heavy (non-hydrogen) atoms. The molecule has 0 unspecified atom stereocenters. The van der Waals surface area contributed by atoms with Crippen molar-refractivity contribution in [3.63, 3.8) is 0 Å². The van der Waals surface area contributed by atoms with Gasteiger partial charge in [0.2, 0.25) is 0 Å². The molecule has 0 N–H and O–H groups in total. The van der Waals surface area contributed by atoms with Crippen molar-refractivity contribution in [2.75, 3.05) is 19.5 Å². The second-order valence-corrected chi connectivity index (χ2v) is 8.80. The van der Waals surface area contributed by atoms with E-state index in [9.17, 15) is 8.42 Å². The first-order valence-electron chi connectivity index (χ1n) is 7.21. The molecule has 1 aliphatic heterocycles. The molecule has 7 aliphatic rings. The lowest BCUT2D eigenvalue weighted by atomic mass is 9.41. The van der Waals surface area contributed by atoms with Crippen molar-refractivity contribution in [1.29, 1.82) is 0 Å². The van der Waals surface area contributed by atoms with E-state index in [4.69, 9.17) is 13.7 Å². The van der Waals surface area contributed by atoms with E-state index < -0.39 is 10.1 Å². The fourth-order valence-electron chi connectivity index (χ4n) is 7.27. The van der Waals surface area contributed by atoms with Crippen LogP contribution >= 0.6 is 0 Å². The Morgan fingerprint density at radius 3 is 2.16 bits per heavy atom. The molecule has 1 heterocycles. The molecular weight excluding hydrogens is 268 g/mol. The Hall–Kier alpha value is -0.170. The Bertz CT molecular complexity index is 594. The van der Waals surface area contributed by atoms with Crippen molar-refractivity contribution in [2.45, 2.75) is 11.9 Å². The molecule has 1 saturated heterocycles. The first-order valence-corrected chi connectivity index (χ1v) is 9.02. The van der Waals surface area contributed by atoms with Crippen LogP contribution in [-0.4, -0.2) is 39.8 Å². The van der Waals surface area contributed by atoms with Gasteiger partial charge in [-0.15, -0.1) is 0 Å². The zero-order valence-corrected chi connectivity index (χ0v) is 11.4. The number of rotatable bonds is 2. The van der Waals surface area contributed by atoms with Gasteiger partial charge >= 0.3 is 0 Å². The molecule has 7 rings (SSSR count). The summed E-state index contributed by atoms with van der Waals surface area (Å²) < 4.78 is 40.5. The Morgan fingerprint density at radius 2 is 1.53 bits per heavy atom. The monoisotopic (exact) mass is 284 g/mol. The molecule has 0 aromatic carbocycles. The lowest BCUT2D eigenvalue weighted by Crippen LogP contribution is -2.61. The third kappa shape index (κ3) is 0.820. The van der Waals surface area contributed by atoms with Gasteiger partial charge in [0, 0.05) is 11.8 Å². The van der Waals surface area contributed by atoms with Crippen LogP contribution in [-0.2, 0) is 23.8 Å². The van der Waals surface area contributed by atoms with E-state index in [0.29, 0.717) is 54.6 Å². The summed E-state index contributed by atoms with van der Waals surface area (Å²) in [6.45, 7) is 1.39. The van der Waals surface area contributed by atoms with E-state index >= 15 is 0 Å². The zero-order chi connectivity index (χ0) is 12.7.